The Morgan fingerprint density at radius 3 is 0.847 bits per heavy atom. The number of aliphatic hydroxyl groups is 2. The quantitative estimate of drug-likeness (QED) is 0.120. The normalized spacial score (nSPS) is 12.0. The molecule has 0 unspecified atom stereocenters. The zero-order valence-electron chi connectivity index (χ0n) is 70.6. The minimum atomic E-state index is -0.289. The van der Waals surface area contributed by atoms with Crippen molar-refractivity contribution < 1.29 is 145 Å². The number of rotatable bonds is 10. The number of nitrogens with zero attached hydrogens (tertiary/aromatic N) is 4. The van der Waals surface area contributed by atoms with Crippen LogP contribution in [0.15, 0.2) is 140 Å². The number of para-hydroxylation sites is 4. The van der Waals surface area contributed by atoms with Gasteiger partial charge in [-0.1, -0.05) is 261 Å². The fourth-order valence-corrected chi connectivity index (χ4v) is 11.2. The molecule has 2 heterocycles. The number of fused-ring (bicyclic) bond motifs is 2. The summed E-state index contributed by atoms with van der Waals surface area (Å²) in [5.41, 5.74) is 12.4. The van der Waals surface area contributed by atoms with Crippen LogP contribution in [0.2, 0.25) is 0 Å². The molecule has 0 bridgehead atoms. The number of aromatic nitrogens is 2. The molecular formula is C91H116Dy2N4O14. The molecule has 10 rings (SSSR count). The number of oxazole rings is 2. The molecule has 0 aliphatic carbocycles. The van der Waals surface area contributed by atoms with E-state index in [9.17, 15) is 30.6 Å². The number of methoxy groups -OCH3 is 4. The summed E-state index contributed by atoms with van der Waals surface area (Å²) in [5.74, 6) is 0.654. The molecule has 604 valence electrons. The van der Waals surface area contributed by atoms with Crippen LogP contribution < -0.4 is 49.6 Å². The van der Waals surface area contributed by atoms with Gasteiger partial charge in [0.15, 0.2) is 11.2 Å². The van der Waals surface area contributed by atoms with Gasteiger partial charge < -0.3 is 68.6 Å². The van der Waals surface area contributed by atoms with Crippen LogP contribution in [0.3, 0.4) is 0 Å². The molecule has 0 aliphatic rings. The third-order valence-corrected chi connectivity index (χ3v) is 17.8. The molecule has 0 atom stereocenters. The van der Waals surface area contributed by atoms with Crippen molar-refractivity contribution in [3.05, 3.63) is 177 Å². The second kappa shape index (κ2) is 39.5. The Hall–Kier alpha value is -7.49. The van der Waals surface area contributed by atoms with Crippen molar-refractivity contribution in [2.24, 2.45) is 9.98 Å². The molecule has 0 amide bonds. The maximum atomic E-state index is 12.9. The standard InChI is InChI=1S/2C22H27NO3.2C22H29NO3.C2H6O.CH4O.2Dy/c2*1-21(2,3)13-11-15(22(4,5)6)19-16(12-13)23-20(26-19)14-9-8-10-17(25-7)18(14)24;2*1-21(2,3)15-11-16(22(4,5)6)20(25)17(12-15)23-13-14-9-8-10-18(26-7)19(14)24;1-2-3;1-2;;/h2*8-12,24H,1-7H3;2*8-13,24-25H,1-7H3;3H,2H2,1H3;2H,1H3;;/q;;;;;;2*+3/p-6. The third kappa shape index (κ3) is 25.2. The third-order valence-electron chi connectivity index (χ3n) is 17.8. The number of hydrogen-bond donors (Lipinski definition) is 2. The Morgan fingerprint density at radius 2 is 0.595 bits per heavy atom. The van der Waals surface area contributed by atoms with Gasteiger partial charge in [-0.05, 0) is 155 Å². The summed E-state index contributed by atoms with van der Waals surface area (Å²) in [6.45, 7) is 52.6. The van der Waals surface area contributed by atoms with E-state index in [1.54, 1.807) is 79.7 Å². The average Bonchev–Trinajstić information content (AvgIpc) is 1.65. The first-order chi connectivity index (χ1) is 50.3. The van der Waals surface area contributed by atoms with Crippen LogP contribution in [-0.4, -0.2) is 74.8 Å². The van der Waals surface area contributed by atoms with Gasteiger partial charge in [0.1, 0.15) is 34.0 Å². The fourth-order valence-electron chi connectivity index (χ4n) is 11.2. The summed E-state index contributed by atoms with van der Waals surface area (Å²) in [4.78, 5) is 18.0. The number of hydrogen-bond acceptors (Lipinski definition) is 18. The van der Waals surface area contributed by atoms with E-state index >= 15 is 0 Å². The summed E-state index contributed by atoms with van der Waals surface area (Å²) < 4.78 is 32.6. The Bertz CT molecular complexity index is 4500. The fraction of sp³-hybridized carbons (Fsp3) is 0.429. The number of aliphatic imine (C=N–C) groups is 2. The molecule has 2 radical (unpaired) electrons. The minimum absolute atomic E-state index is 0. The van der Waals surface area contributed by atoms with E-state index in [0.29, 0.717) is 45.4 Å². The summed E-state index contributed by atoms with van der Waals surface area (Å²) >= 11 is 0. The maximum Gasteiger partial charge on any atom is 3.00 e. The van der Waals surface area contributed by atoms with Gasteiger partial charge in [0, 0.05) is 48.4 Å². The second-order valence-electron chi connectivity index (χ2n) is 34.8. The van der Waals surface area contributed by atoms with Crippen LogP contribution in [-0.2, 0) is 43.3 Å². The molecule has 0 fully saturated rings. The molecule has 111 heavy (non-hydrogen) atoms. The SMILES string of the molecule is CCO.CO.COc1cccc(-c2nc3cc(C(C)(C)C)cc(C(C)(C)C)c3o2)c1[O-].COc1cccc(-c2nc3cc(C(C)(C)C)cc(C(C)(C)C)c3o2)c1[O-].COc1cccc(C=Nc2cc(C(C)(C)C)cc(C(C)(C)C)c2[O-])c1[O-].COc1cccc(C=Nc2cc(C(C)(C)C)cc(C(C)(C)C)c2[O-])c1[O-].[Dy+3].[Dy+3]. The van der Waals surface area contributed by atoms with Crippen LogP contribution in [0.1, 0.15) is 229 Å². The summed E-state index contributed by atoms with van der Waals surface area (Å²) in [7, 11) is 6.88. The van der Waals surface area contributed by atoms with E-state index < -0.39 is 0 Å². The largest absolute Gasteiger partial charge is 3.00 e. The predicted octanol–water partition coefficient (Wildman–Crippen LogP) is 18.3. The summed E-state index contributed by atoms with van der Waals surface area (Å²) in [6, 6.07) is 36.4. The van der Waals surface area contributed by atoms with Crippen LogP contribution in [0.4, 0.5) is 11.4 Å². The molecule has 18 nitrogen and oxygen atoms in total. The Kier molecular flexibility index (Phi) is 34.8. The van der Waals surface area contributed by atoms with Gasteiger partial charge in [-0.25, -0.2) is 9.97 Å². The van der Waals surface area contributed by atoms with E-state index in [1.165, 1.54) is 52.0 Å². The molecular weight excluding hydrogens is 1700 g/mol. The minimum Gasteiger partial charge on any atom is -0.871 e. The molecule has 2 aromatic heterocycles. The Balaban J connectivity index is 0.000000373. The second-order valence-corrected chi connectivity index (χ2v) is 34.8. The molecule has 0 saturated carbocycles. The molecule has 0 aliphatic heterocycles. The number of ether oxygens (including phenoxy) is 4. The molecule has 0 spiro atoms. The summed E-state index contributed by atoms with van der Waals surface area (Å²) in [6.07, 6.45) is 2.89. The van der Waals surface area contributed by atoms with Crippen molar-refractivity contribution in [2.45, 2.75) is 216 Å². The van der Waals surface area contributed by atoms with Crippen molar-refractivity contribution in [3.63, 3.8) is 0 Å². The van der Waals surface area contributed by atoms with Crippen molar-refractivity contribution in [3.8, 4) is 80.4 Å². The van der Waals surface area contributed by atoms with Gasteiger partial charge in [0.25, 0.3) is 0 Å². The van der Waals surface area contributed by atoms with Gasteiger partial charge in [-0.2, -0.15) is 0 Å². The van der Waals surface area contributed by atoms with Crippen LogP contribution in [0, 0.1) is 76.3 Å². The van der Waals surface area contributed by atoms with Gasteiger partial charge in [0.05, 0.1) is 39.8 Å². The molecule has 2 N–H and O–H groups in total. The zero-order valence-corrected chi connectivity index (χ0v) is 74.7. The van der Waals surface area contributed by atoms with Crippen LogP contribution in [0.5, 0.6) is 57.5 Å². The number of benzene rings is 8. The Morgan fingerprint density at radius 1 is 0.351 bits per heavy atom. The van der Waals surface area contributed by atoms with Crippen molar-refractivity contribution >= 4 is 46.0 Å². The van der Waals surface area contributed by atoms with Crippen LogP contribution in [0.25, 0.3) is 45.1 Å². The average molecular weight is 1810 g/mol. The first kappa shape index (κ1) is 97.7. The van der Waals surface area contributed by atoms with Crippen LogP contribution >= 0.6 is 0 Å². The van der Waals surface area contributed by atoms with Crippen molar-refractivity contribution in [2.75, 3.05) is 42.2 Å². The predicted molar refractivity (Wildman–Crippen MR) is 433 cm³/mol. The van der Waals surface area contributed by atoms with E-state index in [2.05, 4.69) is 169 Å². The van der Waals surface area contributed by atoms with E-state index in [-0.39, 0.29) is 184 Å². The van der Waals surface area contributed by atoms with Crippen molar-refractivity contribution in [1.82, 2.24) is 9.97 Å². The molecule has 10 aromatic rings. The van der Waals surface area contributed by atoms with Gasteiger partial charge in [0.2, 0.25) is 11.8 Å². The van der Waals surface area contributed by atoms with Crippen molar-refractivity contribution in [1.29, 1.82) is 0 Å². The zero-order chi connectivity index (χ0) is 82.7. The van der Waals surface area contributed by atoms with E-state index in [0.717, 1.165) is 62.7 Å². The van der Waals surface area contributed by atoms with Gasteiger partial charge in [-0.3, -0.25) is 9.98 Å². The maximum absolute atomic E-state index is 12.9. The number of aliphatic hydroxyl groups excluding tert-OH is 2. The molecule has 8 aromatic carbocycles. The summed E-state index contributed by atoms with van der Waals surface area (Å²) in [5, 5.41) is 90.0. The topological polar surface area (TPSA) is 293 Å². The van der Waals surface area contributed by atoms with Gasteiger partial charge >= 0.3 is 76.3 Å². The Labute approximate surface area is 720 Å². The van der Waals surface area contributed by atoms with E-state index in [1.807, 2.05) is 65.8 Å². The van der Waals surface area contributed by atoms with E-state index in [4.69, 9.17) is 38.0 Å². The smallest absolute Gasteiger partial charge is 0.871 e. The molecule has 20 heteroatoms. The van der Waals surface area contributed by atoms with Gasteiger partial charge in [-0.15, -0.1) is 0 Å². The molecule has 0 saturated heterocycles. The first-order valence-electron chi connectivity index (χ1n) is 36.5. The monoisotopic (exact) mass is 1820 g/mol. The first-order valence-corrected chi connectivity index (χ1v) is 36.5.